The Labute approximate surface area is 58.1 Å². The molecular formula is C6H9N3O. The fourth-order valence-corrected chi connectivity index (χ4v) is 0.696. The number of nitrogens with one attached hydrogen (secondary N) is 1. The van der Waals surface area contributed by atoms with Gasteiger partial charge < -0.3 is 10.7 Å². The molecule has 54 valence electrons. The smallest absolute Gasteiger partial charge is 0.274 e. The van der Waals surface area contributed by atoms with E-state index in [-0.39, 0.29) is 5.56 Å². The van der Waals surface area contributed by atoms with Crippen LogP contribution in [-0.2, 0) is 6.42 Å². The number of hydrogen-bond acceptors (Lipinski definition) is 3. The van der Waals surface area contributed by atoms with Gasteiger partial charge in [-0.25, -0.2) is 0 Å². The molecule has 3 N–H and O–H groups in total. The Morgan fingerprint density at radius 3 is 3.00 bits per heavy atom. The molecule has 0 bridgehead atoms. The number of aryl methyl sites for hydroxylation is 1. The molecule has 4 heteroatoms. The highest BCUT2D eigenvalue weighted by Gasteiger charge is 1.93. The molecule has 0 fully saturated rings. The van der Waals surface area contributed by atoms with Gasteiger partial charge in [0, 0.05) is 12.5 Å². The van der Waals surface area contributed by atoms with E-state index in [0.29, 0.717) is 18.1 Å². The monoisotopic (exact) mass is 139 g/mol. The van der Waals surface area contributed by atoms with Crippen molar-refractivity contribution < 1.29 is 0 Å². The molecule has 1 aromatic heterocycles. The highest BCUT2D eigenvalue weighted by atomic mass is 16.1. The number of nitrogens with two attached hydrogens (primary N) is 1. The summed E-state index contributed by atoms with van der Waals surface area (Å²) < 4.78 is 0. The van der Waals surface area contributed by atoms with E-state index in [1.165, 1.54) is 6.07 Å². The summed E-state index contributed by atoms with van der Waals surface area (Å²) in [5.41, 5.74) is 5.06. The summed E-state index contributed by atoms with van der Waals surface area (Å²) in [7, 11) is 0. The van der Waals surface area contributed by atoms with Crippen molar-refractivity contribution >= 4 is 5.82 Å². The van der Waals surface area contributed by atoms with E-state index < -0.39 is 0 Å². The fourth-order valence-electron chi connectivity index (χ4n) is 0.696. The van der Waals surface area contributed by atoms with Crippen LogP contribution in [0.1, 0.15) is 12.7 Å². The second-order valence-corrected chi connectivity index (χ2v) is 1.97. The molecule has 0 atom stereocenters. The van der Waals surface area contributed by atoms with E-state index in [1.807, 2.05) is 6.92 Å². The van der Waals surface area contributed by atoms with Crippen LogP contribution in [0.2, 0.25) is 0 Å². The molecule has 0 aromatic carbocycles. The molecule has 0 saturated carbocycles. The maximum atomic E-state index is 10.7. The molecular weight excluding hydrogens is 130 g/mol. The Morgan fingerprint density at radius 1 is 1.80 bits per heavy atom. The minimum absolute atomic E-state index is 0.284. The number of nitrogens with zero attached hydrogens (tertiary/aromatic N) is 1. The Morgan fingerprint density at radius 2 is 2.50 bits per heavy atom. The normalized spacial score (nSPS) is 9.70. The number of rotatable bonds is 1. The van der Waals surface area contributed by atoms with Crippen molar-refractivity contribution in [2.45, 2.75) is 13.3 Å². The van der Waals surface area contributed by atoms with Crippen LogP contribution >= 0.6 is 0 Å². The van der Waals surface area contributed by atoms with Gasteiger partial charge in [-0.15, -0.1) is 0 Å². The van der Waals surface area contributed by atoms with Crippen LogP contribution in [-0.4, -0.2) is 9.97 Å². The summed E-state index contributed by atoms with van der Waals surface area (Å²) >= 11 is 0. The molecule has 10 heavy (non-hydrogen) atoms. The molecule has 0 saturated heterocycles. The maximum Gasteiger partial charge on any atom is 0.274 e. The fraction of sp³-hybridized carbons (Fsp3) is 0.333. The quantitative estimate of drug-likeness (QED) is 0.571. The van der Waals surface area contributed by atoms with Gasteiger partial charge in [0.15, 0.2) is 0 Å². The van der Waals surface area contributed by atoms with Crippen molar-refractivity contribution in [2.75, 3.05) is 5.73 Å². The van der Waals surface area contributed by atoms with Crippen LogP contribution in [0, 0.1) is 0 Å². The summed E-state index contributed by atoms with van der Waals surface area (Å²) in [6.07, 6.45) is 0.695. The molecule has 1 rings (SSSR count). The Balaban J connectivity index is 3.19. The van der Waals surface area contributed by atoms with Crippen LogP contribution in [0.25, 0.3) is 0 Å². The zero-order valence-electron chi connectivity index (χ0n) is 5.72. The number of anilines is 1. The van der Waals surface area contributed by atoms with E-state index >= 15 is 0 Å². The number of nitrogen functional groups attached to an aromatic ring is 1. The average molecular weight is 139 g/mol. The highest BCUT2D eigenvalue weighted by Crippen LogP contribution is 1.91. The van der Waals surface area contributed by atoms with Crippen molar-refractivity contribution in [1.82, 2.24) is 9.97 Å². The van der Waals surface area contributed by atoms with Crippen molar-refractivity contribution in [3.8, 4) is 0 Å². The minimum Gasteiger partial charge on any atom is -0.385 e. The topological polar surface area (TPSA) is 71.8 Å². The molecule has 0 unspecified atom stereocenters. The van der Waals surface area contributed by atoms with Crippen LogP contribution < -0.4 is 11.3 Å². The molecule has 0 spiro atoms. The third kappa shape index (κ3) is 1.34. The van der Waals surface area contributed by atoms with Gasteiger partial charge in [0.25, 0.3) is 5.56 Å². The lowest BCUT2D eigenvalue weighted by Crippen LogP contribution is -2.11. The van der Waals surface area contributed by atoms with E-state index in [2.05, 4.69) is 9.97 Å². The van der Waals surface area contributed by atoms with Gasteiger partial charge >= 0.3 is 0 Å². The van der Waals surface area contributed by atoms with Gasteiger partial charge in [-0.3, -0.25) is 4.79 Å². The first-order chi connectivity index (χ1) is 4.72. The summed E-state index contributed by atoms with van der Waals surface area (Å²) in [4.78, 5) is 17.1. The molecule has 0 aliphatic rings. The summed E-state index contributed by atoms with van der Waals surface area (Å²) in [6, 6.07) is 1.26. The average Bonchev–Trinajstić information content (AvgIpc) is 1.85. The second-order valence-electron chi connectivity index (χ2n) is 1.97. The van der Waals surface area contributed by atoms with Gasteiger partial charge in [-0.2, -0.15) is 4.98 Å². The third-order valence-electron chi connectivity index (χ3n) is 1.15. The van der Waals surface area contributed by atoms with Crippen molar-refractivity contribution in [1.29, 1.82) is 0 Å². The van der Waals surface area contributed by atoms with Gasteiger partial charge in [0.1, 0.15) is 11.6 Å². The van der Waals surface area contributed by atoms with Crippen molar-refractivity contribution in [2.24, 2.45) is 0 Å². The van der Waals surface area contributed by atoms with Gasteiger partial charge in [0.2, 0.25) is 0 Å². The van der Waals surface area contributed by atoms with E-state index in [0.717, 1.165) is 0 Å². The predicted octanol–water partition coefficient (Wildman–Crippen LogP) is -0.0855. The van der Waals surface area contributed by atoms with Crippen LogP contribution in [0.15, 0.2) is 10.9 Å². The zero-order valence-corrected chi connectivity index (χ0v) is 5.72. The molecule has 0 amide bonds. The van der Waals surface area contributed by atoms with E-state index in [4.69, 9.17) is 5.73 Å². The largest absolute Gasteiger partial charge is 0.385 e. The number of hydrogen-bond donors (Lipinski definition) is 2. The van der Waals surface area contributed by atoms with E-state index in [1.54, 1.807) is 0 Å². The molecule has 4 nitrogen and oxygen atoms in total. The first-order valence-corrected chi connectivity index (χ1v) is 3.08. The molecule has 0 radical (unpaired) electrons. The van der Waals surface area contributed by atoms with Crippen molar-refractivity contribution in [3.05, 3.63) is 22.2 Å². The number of aromatic amines is 1. The maximum absolute atomic E-state index is 10.7. The summed E-state index contributed by atoms with van der Waals surface area (Å²) in [5.74, 6) is 1.00. The first-order valence-electron chi connectivity index (χ1n) is 3.08. The summed E-state index contributed by atoms with van der Waals surface area (Å²) in [6.45, 7) is 1.90. The lowest BCUT2D eigenvalue weighted by Gasteiger charge is -1.95. The van der Waals surface area contributed by atoms with Gasteiger partial charge in [-0.1, -0.05) is 6.92 Å². The van der Waals surface area contributed by atoms with Crippen LogP contribution in [0.5, 0.6) is 0 Å². The molecule has 0 aliphatic heterocycles. The second kappa shape index (κ2) is 2.51. The third-order valence-corrected chi connectivity index (χ3v) is 1.15. The zero-order chi connectivity index (χ0) is 7.56. The first kappa shape index (κ1) is 6.80. The van der Waals surface area contributed by atoms with Crippen LogP contribution in [0.4, 0.5) is 5.82 Å². The lowest BCUT2D eigenvalue weighted by atomic mass is 10.4. The predicted molar refractivity (Wildman–Crippen MR) is 38.6 cm³/mol. The lowest BCUT2D eigenvalue weighted by molar-refractivity contribution is 0.926. The molecule has 1 aromatic rings. The van der Waals surface area contributed by atoms with Crippen LogP contribution in [0.3, 0.4) is 0 Å². The number of aromatic nitrogens is 2. The summed E-state index contributed by atoms with van der Waals surface area (Å²) in [5, 5.41) is 0. The molecule has 0 aliphatic carbocycles. The highest BCUT2D eigenvalue weighted by molar-refractivity contribution is 5.24. The van der Waals surface area contributed by atoms with Gasteiger partial charge in [0.05, 0.1) is 0 Å². The standard InChI is InChI=1S/C6H9N3O/c1-2-5-8-4(7)3-6(10)9-5/h3H,2H2,1H3,(H3,7,8,9,10). The number of H-pyrrole nitrogens is 1. The van der Waals surface area contributed by atoms with E-state index in [9.17, 15) is 4.79 Å². The SMILES string of the molecule is CCc1nc(=O)cc(N)[nH]1. The molecule has 1 heterocycles. The Kier molecular flexibility index (Phi) is 1.71. The van der Waals surface area contributed by atoms with Gasteiger partial charge in [-0.05, 0) is 0 Å². The van der Waals surface area contributed by atoms with Crippen molar-refractivity contribution in [3.63, 3.8) is 0 Å². The Hall–Kier alpha value is -1.32. The minimum atomic E-state index is -0.284. The Bertz CT molecular complexity index is 279.